The Labute approximate surface area is 115 Å². The SMILES string of the molecule is c1cc(CNC2CC2)c(COC2CCCCCC2)o1. The molecule has 0 saturated heterocycles. The molecule has 1 aromatic heterocycles. The van der Waals surface area contributed by atoms with E-state index in [-0.39, 0.29) is 0 Å². The third kappa shape index (κ3) is 4.08. The lowest BCUT2D eigenvalue weighted by Gasteiger charge is -2.15. The van der Waals surface area contributed by atoms with Crippen LogP contribution in [0, 0.1) is 0 Å². The molecule has 2 fully saturated rings. The maximum Gasteiger partial charge on any atom is 0.133 e. The highest BCUT2D eigenvalue weighted by Gasteiger charge is 2.21. The predicted octanol–water partition coefficient (Wildman–Crippen LogP) is 3.77. The first-order valence-corrected chi connectivity index (χ1v) is 7.82. The minimum absolute atomic E-state index is 0.442. The molecule has 19 heavy (non-hydrogen) atoms. The van der Waals surface area contributed by atoms with E-state index in [4.69, 9.17) is 9.15 Å². The Kier molecular flexibility index (Phi) is 4.57. The van der Waals surface area contributed by atoms with E-state index in [1.165, 1.54) is 56.9 Å². The van der Waals surface area contributed by atoms with Crippen LogP contribution >= 0.6 is 0 Å². The summed E-state index contributed by atoms with van der Waals surface area (Å²) < 4.78 is 11.6. The van der Waals surface area contributed by atoms with Crippen LogP contribution in [0.25, 0.3) is 0 Å². The average molecular weight is 263 g/mol. The standard InChI is InChI=1S/C16H25NO2/c1-2-4-6-15(5-3-1)19-12-16-13(9-10-18-16)11-17-14-7-8-14/h9-10,14-15,17H,1-8,11-12H2. The number of hydrogen-bond donors (Lipinski definition) is 1. The zero-order valence-corrected chi connectivity index (χ0v) is 11.7. The van der Waals surface area contributed by atoms with Crippen LogP contribution in [0.4, 0.5) is 0 Å². The molecule has 2 saturated carbocycles. The number of ether oxygens (including phenoxy) is 1. The van der Waals surface area contributed by atoms with Gasteiger partial charge in [-0.15, -0.1) is 0 Å². The fraction of sp³-hybridized carbons (Fsp3) is 0.750. The molecule has 3 nitrogen and oxygen atoms in total. The van der Waals surface area contributed by atoms with Crippen LogP contribution in [-0.4, -0.2) is 12.1 Å². The summed E-state index contributed by atoms with van der Waals surface area (Å²) in [4.78, 5) is 0. The van der Waals surface area contributed by atoms with Gasteiger partial charge in [0.05, 0.1) is 12.4 Å². The van der Waals surface area contributed by atoms with Crippen molar-refractivity contribution in [3.8, 4) is 0 Å². The smallest absolute Gasteiger partial charge is 0.133 e. The maximum absolute atomic E-state index is 6.05. The van der Waals surface area contributed by atoms with Gasteiger partial charge in [-0.25, -0.2) is 0 Å². The normalized spacial score (nSPS) is 21.5. The fourth-order valence-corrected chi connectivity index (χ4v) is 2.80. The Hall–Kier alpha value is -0.800. The molecule has 3 rings (SSSR count). The highest BCUT2D eigenvalue weighted by atomic mass is 16.5. The van der Waals surface area contributed by atoms with E-state index < -0.39 is 0 Å². The first-order valence-electron chi connectivity index (χ1n) is 7.82. The van der Waals surface area contributed by atoms with Gasteiger partial charge in [0.1, 0.15) is 12.4 Å². The molecule has 0 atom stereocenters. The summed E-state index contributed by atoms with van der Waals surface area (Å²) >= 11 is 0. The van der Waals surface area contributed by atoms with Crippen molar-refractivity contribution in [3.63, 3.8) is 0 Å². The molecule has 0 bridgehead atoms. The lowest BCUT2D eigenvalue weighted by atomic mass is 10.1. The molecule has 3 heteroatoms. The van der Waals surface area contributed by atoms with Gasteiger partial charge in [-0.05, 0) is 31.7 Å². The zero-order chi connectivity index (χ0) is 12.9. The van der Waals surface area contributed by atoms with Crippen molar-refractivity contribution in [1.29, 1.82) is 0 Å². The molecule has 106 valence electrons. The summed E-state index contributed by atoms with van der Waals surface area (Å²) in [7, 11) is 0. The van der Waals surface area contributed by atoms with Crippen LogP contribution in [0.5, 0.6) is 0 Å². The fourth-order valence-electron chi connectivity index (χ4n) is 2.80. The van der Waals surface area contributed by atoms with E-state index in [9.17, 15) is 0 Å². The van der Waals surface area contributed by atoms with Crippen LogP contribution in [0.3, 0.4) is 0 Å². The molecule has 1 aromatic rings. The van der Waals surface area contributed by atoms with Crippen LogP contribution in [0.1, 0.15) is 62.7 Å². The third-order valence-electron chi connectivity index (χ3n) is 4.25. The van der Waals surface area contributed by atoms with Gasteiger partial charge < -0.3 is 14.5 Å². The summed E-state index contributed by atoms with van der Waals surface area (Å²) in [5, 5.41) is 3.53. The van der Waals surface area contributed by atoms with Gasteiger partial charge >= 0.3 is 0 Å². The molecule has 0 radical (unpaired) electrons. The highest BCUT2D eigenvalue weighted by Crippen LogP contribution is 2.23. The summed E-state index contributed by atoms with van der Waals surface area (Å²) in [6, 6.07) is 2.81. The maximum atomic E-state index is 6.05. The molecule has 0 aromatic carbocycles. The second-order valence-electron chi connectivity index (χ2n) is 5.95. The average Bonchev–Trinajstić information content (AvgIpc) is 3.20. The lowest BCUT2D eigenvalue weighted by molar-refractivity contribution is 0.0214. The molecule has 2 aliphatic rings. The Balaban J connectivity index is 1.46. The first kappa shape index (κ1) is 13.2. The van der Waals surface area contributed by atoms with Gasteiger partial charge in [0, 0.05) is 18.2 Å². The molecule has 0 spiro atoms. The van der Waals surface area contributed by atoms with Gasteiger partial charge in [0.25, 0.3) is 0 Å². The summed E-state index contributed by atoms with van der Waals surface area (Å²) in [5.74, 6) is 1.01. The lowest BCUT2D eigenvalue weighted by Crippen LogP contribution is -2.17. The molecular formula is C16H25NO2. The van der Waals surface area contributed by atoms with E-state index in [2.05, 4.69) is 11.4 Å². The molecule has 1 N–H and O–H groups in total. The summed E-state index contributed by atoms with van der Waals surface area (Å²) in [5.41, 5.74) is 1.26. The van der Waals surface area contributed by atoms with Crippen molar-refractivity contribution in [2.75, 3.05) is 0 Å². The Bertz CT molecular complexity index is 376. The number of furan rings is 1. The molecular weight excluding hydrogens is 238 g/mol. The zero-order valence-electron chi connectivity index (χ0n) is 11.7. The Morgan fingerprint density at radius 2 is 1.89 bits per heavy atom. The van der Waals surface area contributed by atoms with Crippen LogP contribution in [0.15, 0.2) is 16.7 Å². The van der Waals surface area contributed by atoms with Gasteiger partial charge in [0.15, 0.2) is 0 Å². The van der Waals surface area contributed by atoms with E-state index >= 15 is 0 Å². The van der Waals surface area contributed by atoms with Crippen molar-refractivity contribution >= 4 is 0 Å². The van der Waals surface area contributed by atoms with Crippen molar-refractivity contribution in [3.05, 3.63) is 23.7 Å². The van der Waals surface area contributed by atoms with Gasteiger partial charge in [-0.2, -0.15) is 0 Å². The summed E-state index contributed by atoms with van der Waals surface area (Å²) in [6.07, 6.45) is 12.7. The van der Waals surface area contributed by atoms with Crippen LogP contribution in [-0.2, 0) is 17.9 Å². The van der Waals surface area contributed by atoms with E-state index in [0.29, 0.717) is 12.7 Å². The van der Waals surface area contributed by atoms with Gasteiger partial charge in [-0.3, -0.25) is 0 Å². The van der Waals surface area contributed by atoms with Gasteiger partial charge in [0.2, 0.25) is 0 Å². The van der Waals surface area contributed by atoms with E-state index in [0.717, 1.165) is 18.3 Å². The molecule has 1 heterocycles. The minimum Gasteiger partial charge on any atom is -0.467 e. The Morgan fingerprint density at radius 1 is 1.11 bits per heavy atom. The minimum atomic E-state index is 0.442. The van der Waals surface area contributed by atoms with Crippen molar-refractivity contribution in [2.45, 2.75) is 76.7 Å². The predicted molar refractivity (Wildman–Crippen MR) is 74.8 cm³/mol. The van der Waals surface area contributed by atoms with Crippen LogP contribution < -0.4 is 5.32 Å². The van der Waals surface area contributed by atoms with Gasteiger partial charge in [-0.1, -0.05) is 25.7 Å². The topological polar surface area (TPSA) is 34.4 Å². The van der Waals surface area contributed by atoms with Crippen molar-refractivity contribution < 1.29 is 9.15 Å². The third-order valence-corrected chi connectivity index (χ3v) is 4.25. The molecule has 0 aliphatic heterocycles. The molecule has 0 amide bonds. The quantitative estimate of drug-likeness (QED) is 0.793. The molecule has 2 aliphatic carbocycles. The number of hydrogen-bond acceptors (Lipinski definition) is 3. The van der Waals surface area contributed by atoms with Crippen molar-refractivity contribution in [1.82, 2.24) is 5.32 Å². The first-order chi connectivity index (χ1) is 9.42. The number of rotatable bonds is 6. The molecule has 0 unspecified atom stereocenters. The number of nitrogens with one attached hydrogen (secondary N) is 1. The summed E-state index contributed by atoms with van der Waals surface area (Å²) in [6.45, 7) is 1.56. The monoisotopic (exact) mass is 263 g/mol. The van der Waals surface area contributed by atoms with Crippen molar-refractivity contribution in [2.24, 2.45) is 0 Å². The van der Waals surface area contributed by atoms with E-state index in [1.54, 1.807) is 6.26 Å². The van der Waals surface area contributed by atoms with E-state index in [1.807, 2.05) is 0 Å². The second-order valence-corrected chi connectivity index (χ2v) is 5.95. The largest absolute Gasteiger partial charge is 0.467 e. The van der Waals surface area contributed by atoms with Crippen LogP contribution in [0.2, 0.25) is 0 Å². The second kappa shape index (κ2) is 6.58. The Morgan fingerprint density at radius 3 is 2.63 bits per heavy atom. The highest BCUT2D eigenvalue weighted by molar-refractivity contribution is 5.16.